The maximum atomic E-state index is 13.5. The van der Waals surface area contributed by atoms with Crippen LogP contribution in [0.1, 0.15) is 63.5 Å². The van der Waals surface area contributed by atoms with E-state index in [-0.39, 0.29) is 17.9 Å². The van der Waals surface area contributed by atoms with Gasteiger partial charge in [-0.25, -0.2) is 14.2 Å². The standard InChI is InChI=1S/C27H42FN3O3S/c1-6-16-31-19-29-27(15-17-35-5,34-26(32)33-4)24(31)18-20-7-9-21(10-8-20)25(30(2)3)22-11-13-23(28)14-12-22/h11-14,19-21,24-25H,6-10,15-18H2,1-5H3. The third-order valence-corrected chi connectivity index (χ3v) is 8.19. The lowest BCUT2D eigenvalue weighted by molar-refractivity contribution is -0.0588. The highest BCUT2D eigenvalue weighted by Gasteiger charge is 2.49. The van der Waals surface area contributed by atoms with Crippen LogP contribution >= 0.6 is 11.8 Å². The third-order valence-electron chi connectivity index (χ3n) is 7.58. The predicted octanol–water partition coefficient (Wildman–Crippen LogP) is 5.98. The van der Waals surface area contributed by atoms with Gasteiger partial charge in [0, 0.05) is 19.0 Å². The number of rotatable bonds is 11. The van der Waals surface area contributed by atoms with E-state index in [1.807, 2.05) is 18.5 Å². The fourth-order valence-electron chi connectivity index (χ4n) is 5.91. The molecule has 0 spiro atoms. The molecule has 0 saturated heterocycles. The van der Waals surface area contributed by atoms with E-state index in [0.717, 1.165) is 50.8 Å². The van der Waals surface area contributed by atoms with Crippen molar-refractivity contribution in [2.45, 2.75) is 69.7 Å². The average Bonchev–Trinajstić information content (AvgIpc) is 3.16. The number of carbonyl (C=O) groups excluding carboxylic acids is 1. The zero-order chi connectivity index (χ0) is 25.4. The zero-order valence-corrected chi connectivity index (χ0v) is 22.7. The smallest absolute Gasteiger partial charge is 0.438 e. The van der Waals surface area contributed by atoms with Crippen LogP contribution in [0.3, 0.4) is 0 Å². The van der Waals surface area contributed by atoms with Crippen molar-refractivity contribution in [2.75, 3.05) is 39.8 Å². The van der Waals surface area contributed by atoms with Crippen LogP contribution in [0.5, 0.6) is 0 Å². The molecule has 35 heavy (non-hydrogen) atoms. The van der Waals surface area contributed by atoms with Gasteiger partial charge in [0.15, 0.2) is 0 Å². The van der Waals surface area contributed by atoms with Crippen LogP contribution in [-0.2, 0) is 9.47 Å². The molecule has 1 saturated carbocycles. The molecule has 1 heterocycles. The van der Waals surface area contributed by atoms with Crippen LogP contribution in [0.15, 0.2) is 29.3 Å². The van der Waals surface area contributed by atoms with Crippen molar-refractivity contribution in [3.8, 4) is 0 Å². The molecule has 1 aliphatic heterocycles. The van der Waals surface area contributed by atoms with E-state index in [4.69, 9.17) is 14.5 Å². The number of benzene rings is 1. The Morgan fingerprint density at radius 2 is 1.94 bits per heavy atom. The van der Waals surface area contributed by atoms with E-state index in [9.17, 15) is 9.18 Å². The summed E-state index contributed by atoms with van der Waals surface area (Å²) in [6, 6.07) is 7.29. The maximum Gasteiger partial charge on any atom is 0.510 e. The highest BCUT2D eigenvalue weighted by molar-refractivity contribution is 7.98. The van der Waals surface area contributed by atoms with Crippen LogP contribution in [0.25, 0.3) is 0 Å². The van der Waals surface area contributed by atoms with E-state index in [2.05, 4.69) is 37.1 Å². The van der Waals surface area contributed by atoms with E-state index in [1.165, 1.54) is 12.7 Å². The number of hydrogen-bond acceptors (Lipinski definition) is 7. The van der Waals surface area contributed by atoms with Gasteiger partial charge < -0.3 is 19.3 Å². The Labute approximate surface area is 214 Å². The third kappa shape index (κ3) is 6.91. The van der Waals surface area contributed by atoms with Gasteiger partial charge in [-0.2, -0.15) is 11.8 Å². The van der Waals surface area contributed by atoms with Crippen LogP contribution in [0.2, 0.25) is 0 Å². The van der Waals surface area contributed by atoms with Crippen molar-refractivity contribution < 1.29 is 18.7 Å². The first-order valence-electron chi connectivity index (χ1n) is 12.8. The summed E-state index contributed by atoms with van der Waals surface area (Å²) < 4.78 is 24.3. The Balaban J connectivity index is 1.71. The largest absolute Gasteiger partial charge is 0.510 e. The number of thioether (sulfide) groups is 1. The predicted molar refractivity (Wildman–Crippen MR) is 141 cm³/mol. The Morgan fingerprint density at radius 3 is 2.51 bits per heavy atom. The van der Waals surface area contributed by atoms with Gasteiger partial charge in [0.1, 0.15) is 5.82 Å². The van der Waals surface area contributed by atoms with E-state index in [0.29, 0.717) is 18.3 Å². The van der Waals surface area contributed by atoms with Crippen molar-refractivity contribution >= 4 is 24.3 Å². The van der Waals surface area contributed by atoms with Gasteiger partial charge in [0.2, 0.25) is 5.72 Å². The molecule has 8 heteroatoms. The Bertz CT molecular complexity index is 829. The molecule has 1 aromatic carbocycles. The summed E-state index contributed by atoms with van der Waals surface area (Å²) in [4.78, 5) is 21.5. The molecule has 0 radical (unpaired) electrons. The molecule has 1 fully saturated rings. The first kappa shape index (κ1) is 27.8. The number of hydrogen-bond donors (Lipinski definition) is 0. The molecule has 2 aliphatic rings. The zero-order valence-electron chi connectivity index (χ0n) is 21.9. The second-order valence-electron chi connectivity index (χ2n) is 10.1. The van der Waals surface area contributed by atoms with Crippen molar-refractivity contribution in [2.24, 2.45) is 16.8 Å². The molecule has 0 amide bonds. The van der Waals surface area contributed by atoms with Gasteiger partial charge in [-0.15, -0.1) is 0 Å². The second-order valence-corrected chi connectivity index (χ2v) is 11.1. The van der Waals surface area contributed by atoms with Gasteiger partial charge in [-0.3, -0.25) is 0 Å². The van der Waals surface area contributed by atoms with Gasteiger partial charge in [-0.05, 0) is 81.3 Å². The summed E-state index contributed by atoms with van der Waals surface area (Å²) in [6.07, 6.45) is 10.4. The molecule has 3 unspecified atom stereocenters. The molecule has 3 rings (SSSR count). The van der Waals surface area contributed by atoms with Gasteiger partial charge >= 0.3 is 6.16 Å². The molecule has 1 aromatic rings. The number of carbonyl (C=O) groups is 1. The highest BCUT2D eigenvalue weighted by Crippen LogP contribution is 2.43. The van der Waals surface area contributed by atoms with Gasteiger partial charge in [0.25, 0.3) is 0 Å². The normalized spacial score (nSPS) is 27.3. The van der Waals surface area contributed by atoms with E-state index in [1.54, 1.807) is 23.9 Å². The summed E-state index contributed by atoms with van der Waals surface area (Å²) in [7, 11) is 5.58. The summed E-state index contributed by atoms with van der Waals surface area (Å²) in [5.74, 6) is 1.75. The molecular weight excluding hydrogens is 465 g/mol. The Morgan fingerprint density at radius 1 is 1.26 bits per heavy atom. The van der Waals surface area contributed by atoms with Crippen molar-refractivity contribution in [3.63, 3.8) is 0 Å². The quantitative estimate of drug-likeness (QED) is 0.344. The SMILES string of the molecule is CCCN1C=NC(CCSC)(OC(=O)OC)C1CC1CCC(C(c2ccc(F)cc2)N(C)C)CC1. The van der Waals surface area contributed by atoms with Crippen LogP contribution < -0.4 is 0 Å². The lowest BCUT2D eigenvalue weighted by atomic mass is 9.73. The summed E-state index contributed by atoms with van der Waals surface area (Å²) in [5, 5.41) is 0. The van der Waals surface area contributed by atoms with Crippen molar-refractivity contribution in [3.05, 3.63) is 35.6 Å². The molecule has 0 N–H and O–H groups in total. The van der Waals surface area contributed by atoms with E-state index >= 15 is 0 Å². The number of aliphatic imine (C=N–C) groups is 1. The first-order valence-corrected chi connectivity index (χ1v) is 14.2. The number of methoxy groups -OCH3 is 1. The molecule has 196 valence electrons. The van der Waals surface area contributed by atoms with Gasteiger partial charge in [0.05, 0.1) is 19.5 Å². The average molecular weight is 508 g/mol. The number of ether oxygens (including phenoxy) is 2. The topological polar surface area (TPSA) is 54.4 Å². The van der Waals surface area contributed by atoms with Crippen molar-refractivity contribution in [1.29, 1.82) is 0 Å². The molecule has 6 nitrogen and oxygen atoms in total. The minimum atomic E-state index is -0.887. The molecule has 0 aromatic heterocycles. The van der Waals surface area contributed by atoms with E-state index < -0.39 is 11.9 Å². The number of nitrogens with zero attached hydrogens (tertiary/aromatic N) is 3. The summed E-state index contributed by atoms with van der Waals surface area (Å²) in [6.45, 7) is 3.05. The lowest BCUT2D eigenvalue weighted by Crippen LogP contribution is -2.50. The second kappa shape index (κ2) is 12.9. The Hall–Kier alpha value is -1.80. The minimum absolute atomic E-state index is 0.0250. The van der Waals surface area contributed by atoms with Crippen LogP contribution in [0, 0.1) is 17.7 Å². The van der Waals surface area contributed by atoms with Crippen LogP contribution in [-0.4, -0.2) is 73.8 Å². The first-order chi connectivity index (χ1) is 16.8. The molecule has 0 bridgehead atoms. The molecular formula is C27H42FN3O3S. The van der Waals surface area contributed by atoms with Crippen LogP contribution in [0.4, 0.5) is 9.18 Å². The highest BCUT2D eigenvalue weighted by atomic mass is 32.2. The van der Waals surface area contributed by atoms with Crippen molar-refractivity contribution in [1.82, 2.24) is 9.80 Å². The summed E-state index contributed by atoms with van der Waals surface area (Å²) >= 11 is 1.74. The lowest BCUT2D eigenvalue weighted by Gasteiger charge is -2.41. The fraction of sp³-hybridized carbons (Fsp3) is 0.704. The fourth-order valence-corrected chi connectivity index (χ4v) is 6.40. The minimum Gasteiger partial charge on any atom is -0.438 e. The maximum absolute atomic E-state index is 13.5. The molecule has 3 atom stereocenters. The monoisotopic (exact) mass is 507 g/mol. The van der Waals surface area contributed by atoms with Gasteiger partial charge in [-0.1, -0.05) is 31.9 Å². The number of halogens is 1. The molecule has 1 aliphatic carbocycles. The Kier molecular flexibility index (Phi) is 10.3. The summed E-state index contributed by atoms with van der Waals surface area (Å²) in [5.41, 5.74) is 0.295.